The fourth-order valence-electron chi connectivity index (χ4n) is 3.44. The first-order valence-corrected chi connectivity index (χ1v) is 6.31. The number of fused-ring (bicyclic) bond motifs is 1. The Bertz CT molecular complexity index is 226. The summed E-state index contributed by atoms with van der Waals surface area (Å²) in [5.74, 6) is 1.85. The maximum atomic E-state index is 5.52. The van der Waals surface area contributed by atoms with Crippen LogP contribution in [0.5, 0.6) is 0 Å². The quantitative estimate of drug-likeness (QED) is 0.650. The van der Waals surface area contributed by atoms with E-state index < -0.39 is 0 Å². The van der Waals surface area contributed by atoms with Crippen molar-refractivity contribution in [2.75, 3.05) is 20.3 Å². The van der Waals surface area contributed by atoms with Gasteiger partial charge in [-0.05, 0) is 43.9 Å². The minimum Gasteiger partial charge on any atom is -0.381 e. The Hall–Kier alpha value is -0.120. The molecule has 3 unspecified atom stereocenters. The van der Waals surface area contributed by atoms with Crippen LogP contribution in [0, 0.1) is 11.8 Å². The van der Waals surface area contributed by atoms with Gasteiger partial charge in [-0.1, -0.05) is 0 Å². The van der Waals surface area contributed by atoms with E-state index in [-0.39, 0.29) is 0 Å². The molecule has 0 spiro atoms. The van der Waals surface area contributed by atoms with Crippen LogP contribution in [0.25, 0.3) is 0 Å². The number of hydrogen-bond donors (Lipinski definition) is 0. The van der Waals surface area contributed by atoms with Crippen LogP contribution in [-0.4, -0.2) is 37.5 Å². The first-order valence-electron chi connectivity index (χ1n) is 6.31. The molecule has 0 N–H and O–H groups in total. The Kier molecular flexibility index (Phi) is 2.71. The van der Waals surface area contributed by atoms with E-state index in [0.29, 0.717) is 6.10 Å². The van der Waals surface area contributed by atoms with Crippen LogP contribution in [-0.2, 0) is 9.57 Å². The Morgan fingerprint density at radius 1 is 1.13 bits per heavy atom. The molecule has 1 aliphatic carbocycles. The van der Waals surface area contributed by atoms with Gasteiger partial charge >= 0.3 is 0 Å². The van der Waals surface area contributed by atoms with Crippen LogP contribution in [0.1, 0.15) is 32.1 Å². The van der Waals surface area contributed by atoms with E-state index in [1.54, 1.807) is 0 Å². The first-order chi connectivity index (χ1) is 7.38. The van der Waals surface area contributed by atoms with Gasteiger partial charge in [0.25, 0.3) is 0 Å². The Morgan fingerprint density at radius 3 is 2.67 bits per heavy atom. The van der Waals surface area contributed by atoms with E-state index in [0.717, 1.165) is 24.5 Å². The van der Waals surface area contributed by atoms with Crippen LogP contribution in [0.4, 0.5) is 0 Å². The maximum Gasteiger partial charge on any atom is 0.0688 e. The molecule has 2 aliphatic heterocycles. The summed E-state index contributed by atoms with van der Waals surface area (Å²) in [5, 5.41) is 2.18. The van der Waals surface area contributed by atoms with E-state index in [2.05, 4.69) is 5.06 Å². The van der Waals surface area contributed by atoms with Gasteiger partial charge in [-0.15, -0.1) is 0 Å². The molecule has 3 heteroatoms. The zero-order chi connectivity index (χ0) is 10.3. The van der Waals surface area contributed by atoms with Gasteiger partial charge in [0.05, 0.1) is 18.8 Å². The maximum absolute atomic E-state index is 5.52. The van der Waals surface area contributed by atoms with Crippen molar-refractivity contribution in [1.29, 1.82) is 0 Å². The minimum atomic E-state index is 0.538. The average molecular weight is 211 g/mol. The summed E-state index contributed by atoms with van der Waals surface area (Å²) in [4.78, 5) is 5.52. The smallest absolute Gasteiger partial charge is 0.0688 e. The fraction of sp³-hybridized carbons (Fsp3) is 1.00. The lowest BCUT2D eigenvalue weighted by Gasteiger charge is -2.35. The highest BCUT2D eigenvalue weighted by Crippen LogP contribution is 2.42. The standard InChI is InChI=1S/C12H21NO2/c1-14-10-4-2-9(3-5-10)11-6-7-15-13-8-12(11)13/h9-12H,2-8H2,1H3. The number of hydrogen-bond acceptors (Lipinski definition) is 3. The molecule has 0 bridgehead atoms. The van der Waals surface area contributed by atoms with Gasteiger partial charge in [0.2, 0.25) is 0 Å². The van der Waals surface area contributed by atoms with Crippen LogP contribution < -0.4 is 0 Å². The molecule has 86 valence electrons. The minimum absolute atomic E-state index is 0.538. The van der Waals surface area contributed by atoms with Gasteiger partial charge in [-0.25, -0.2) is 0 Å². The van der Waals surface area contributed by atoms with Crippen molar-refractivity contribution in [1.82, 2.24) is 5.06 Å². The number of nitrogens with zero attached hydrogens (tertiary/aromatic N) is 1. The lowest BCUT2D eigenvalue weighted by molar-refractivity contribution is -0.119. The largest absolute Gasteiger partial charge is 0.381 e. The van der Waals surface area contributed by atoms with Crippen molar-refractivity contribution in [3.8, 4) is 0 Å². The van der Waals surface area contributed by atoms with E-state index in [1.165, 1.54) is 38.6 Å². The SMILES string of the molecule is COC1CCC(C2CCON3CC23)CC1. The highest BCUT2D eigenvalue weighted by Gasteiger charge is 2.48. The molecular weight excluding hydrogens is 190 g/mol. The van der Waals surface area contributed by atoms with Gasteiger partial charge in [-0.3, -0.25) is 4.84 Å². The molecule has 0 radical (unpaired) electrons. The van der Waals surface area contributed by atoms with E-state index in [4.69, 9.17) is 9.57 Å². The molecule has 3 rings (SSSR count). The molecule has 3 fully saturated rings. The number of methoxy groups -OCH3 is 1. The molecule has 15 heavy (non-hydrogen) atoms. The summed E-state index contributed by atoms with van der Waals surface area (Å²) < 4.78 is 5.43. The van der Waals surface area contributed by atoms with Gasteiger partial charge in [-0.2, -0.15) is 5.06 Å². The van der Waals surface area contributed by atoms with Crippen LogP contribution in [0.3, 0.4) is 0 Å². The topological polar surface area (TPSA) is 21.5 Å². The lowest BCUT2D eigenvalue weighted by atomic mass is 9.76. The molecule has 3 nitrogen and oxygen atoms in total. The van der Waals surface area contributed by atoms with Gasteiger partial charge < -0.3 is 4.74 Å². The van der Waals surface area contributed by atoms with Crippen molar-refractivity contribution < 1.29 is 9.57 Å². The third-order valence-corrected chi connectivity index (χ3v) is 4.46. The van der Waals surface area contributed by atoms with Crippen molar-refractivity contribution >= 4 is 0 Å². The summed E-state index contributed by atoms with van der Waals surface area (Å²) in [6.07, 6.45) is 7.09. The average Bonchev–Trinajstić information content (AvgIpc) is 3.08. The Balaban J connectivity index is 1.55. The van der Waals surface area contributed by atoms with E-state index in [1.807, 2.05) is 7.11 Å². The van der Waals surface area contributed by atoms with E-state index >= 15 is 0 Å². The molecule has 2 saturated heterocycles. The number of rotatable bonds is 2. The zero-order valence-corrected chi connectivity index (χ0v) is 9.52. The summed E-state index contributed by atoms with van der Waals surface area (Å²) in [6.45, 7) is 2.14. The molecule has 0 aromatic carbocycles. The predicted octanol–water partition coefficient (Wildman–Crippen LogP) is 1.83. The first kappa shape index (κ1) is 10.1. The van der Waals surface area contributed by atoms with Crippen molar-refractivity contribution in [2.45, 2.75) is 44.2 Å². The molecule has 3 atom stereocenters. The fourth-order valence-corrected chi connectivity index (χ4v) is 3.44. The van der Waals surface area contributed by atoms with Gasteiger partial charge in [0, 0.05) is 13.7 Å². The van der Waals surface area contributed by atoms with Crippen molar-refractivity contribution in [3.05, 3.63) is 0 Å². The van der Waals surface area contributed by atoms with Crippen LogP contribution in [0.15, 0.2) is 0 Å². The van der Waals surface area contributed by atoms with Gasteiger partial charge in [0.1, 0.15) is 0 Å². The second-order valence-electron chi connectivity index (χ2n) is 5.23. The third kappa shape index (κ3) is 1.93. The third-order valence-electron chi connectivity index (χ3n) is 4.46. The highest BCUT2D eigenvalue weighted by molar-refractivity contribution is 4.96. The summed E-state index contributed by atoms with van der Waals surface area (Å²) in [5.41, 5.74) is 0. The normalized spacial score (nSPS) is 49.8. The van der Waals surface area contributed by atoms with Crippen molar-refractivity contribution in [2.24, 2.45) is 11.8 Å². The number of hydroxylamine groups is 2. The molecule has 0 aromatic heterocycles. The second kappa shape index (κ2) is 4.04. The molecule has 2 heterocycles. The summed E-state index contributed by atoms with van der Waals surface area (Å²) >= 11 is 0. The molecule has 0 amide bonds. The molecule has 3 aliphatic rings. The molecule has 0 aromatic rings. The predicted molar refractivity (Wildman–Crippen MR) is 57.3 cm³/mol. The van der Waals surface area contributed by atoms with Crippen LogP contribution in [0.2, 0.25) is 0 Å². The molecular formula is C12H21NO2. The van der Waals surface area contributed by atoms with Gasteiger partial charge in [0.15, 0.2) is 0 Å². The van der Waals surface area contributed by atoms with Crippen LogP contribution >= 0.6 is 0 Å². The highest BCUT2D eigenvalue weighted by atomic mass is 16.7. The Labute approximate surface area is 91.7 Å². The summed E-state index contributed by atoms with van der Waals surface area (Å²) in [6, 6.07) is 0.767. The number of ether oxygens (including phenoxy) is 1. The summed E-state index contributed by atoms with van der Waals surface area (Å²) in [7, 11) is 1.85. The zero-order valence-electron chi connectivity index (χ0n) is 9.52. The second-order valence-corrected chi connectivity index (χ2v) is 5.23. The Morgan fingerprint density at radius 2 is 1.93 bits per heavy atom. The monoisotopic (exact) mass is 211 g/mol. The van der Waals surface area contributed by atoms with E-state index in [9.17, 15) is 0 Å². The lowest BCUT2D eigenvalue weighted by Crippen LogP contribution is -2.32. The van der Waals surface area contributed by atoms with Crippen molar-refractivity contribution in [3.63, 3.8) is 0 Å². The molecule has 1 saturated carbocycles.